The predicted octanol–water partition coefficient (Wildman–Crippen LogP) is 2.39. The van der Waals surface area contributed by atoms with E-state index in [-0.39, 0.29) is 0 Å². The van der Waals surface area contributed by atoms with E-state index in [1.54, 1.807) is 0 Å². The van der Waals surface area contributed by atoms with Gasteiger partial charge in [-0.2, -0.15) is 0 Å². The maximum atomic E-state index is 3.72. The highest BCUT2D eigenvalue weighted by atomic mass is 15.2. The van der Waals surface area contributed by atoms with E-state index < -0.39 is 0 Å². The van der Waals surface area contributed by atoms with Crippen LogP contribution in [0.5, 0.6) is 0 Å². The van der Waals surface area contributed by atoms with Gasteiger partial charge in [-0.25, -0.2) is 0 Å². The molecule has 3 fully saturated rings. The van der Waals surface area contributed by atoms with Crippen LogP contribution in [0.25, 0.3) is 0 Å². The summed E-state index contributed by atoms with van der Waals surface area (Å²) in [4.78, 5) is 2.69. The smallest absolute Gasteiger partial charge is 0.0125 e. The van der Waals surface area contributed by atoms with Gasteiger partial charge in [0.25, 0.3) is 0 Å². The average Bonchev–Trinajstić information content (AvgIpc) is 2.55. The third-order valence-corrected chi connectivity index (χ3v) is 5.31. The van der Waals surface area contributed by atoms with Crippen molar-refractivity contribution < 1.29 is 0 Å². The third-order valence-electron chi connectivity index (χ3n) is 5.31. The molecule has 3 rings (SSSR count). The molecule has 0 aromatic heterocycles. The molecule has 16 heavy (non-hydrogen) atoms. The van der Waals surface area contributed by atoms with Crippen LogP contribution in [0, 0.1) is 5.92 Å². The summed E-state index contributed by atoms with van der Waals surface area (Å²) in [5.74, 6) is 0.986. The maximum Gasteiger partial charge on any atom is 0.0125 e. The molecule has 3 heterocycles. The van der Waals surface area contributed by atoms with Crippen LogP contribution < -0.4 is 5.32 Å². The van der Waals surface area contributed by atoms with Crippen molar-refractivity contribution in [2.24, 2.45) is 5.92 Å². The standard InChI is InChI=1S/C14H26N2/c1-16-13-6-5-11(14(16)8-7-13)10-12-4-2-3-9-15-12/h11-15H,2-10H2,1H3/t11-,12-,13+,14-/m1/s1. The highest BCUT2D eigenvalue weighted by Gasteiger charge is 2.40. The van der Waals surface area contributed by atoms with Crippen molar-refractivity contribution in [2.75, 3.05) is 13.6 Å². The molecule has 2 bridgehead atoms. The van der Waals surface area contributed by atoms with E-state index in [0.717, 1.165) is 24.0 Å². The molecule has 0 amide bonds. The van der Waals surface area contributed by atoms with Gasteiger partial charge in [-0.1, -0.05) is 6.42 Å². The van der Waals surface area contributed by atoms with Crippen LogP contribution in [0.4, 0.5) is 0 Å². The minimum Gasteiger partial charge on any atom is -0.314 e. The molecule has 0 spiro atoms. The zero-order valence-corrected chi connectivity index (χ0v) is 10.6. The summed E-state index contributed by atoms with van der Waals surface area (Å²) < 4.78 is 0. The van der Waals surface area contributed by atoms with Crippen molar-refractivity contribution in [1.82, 2.24) is 10.2 Å². The van der Waals surface area contributed by atoms with Crippen molar-refractivity contribution in [3.8, 4) is 0 Å². The molecule has 0 aromatic carbocycles. The van der Waals surface area contributed by atoms with Crippen molar-refractivity contribution in [3.63, 3.8) is 0 Å². The van der Waals surface area contributed by atoms with Gasteiger partial charge in [0.1, 0.15) is 0 Å². The molecule has 2 nitrogen and oxygen atoms in total. The summed E-state index contributed by atoms with van der Waals surface area (Å²) >= 11 is 0. The summed E-state index contributed by atoms with van der Waals surface area (Å²) in [5, 5.41) is 3.72. The molecule has 4 atom stereocenters. The molecule has 0 aromatic rings. The quantitative estimate of drug-likeness (QED) is 0.772. The van der Waals surface area contributed by atoms with Crippen LogP contribution >= 0.6 is 0 Å². The van der Waals surface area contributed by atoms with Crippen molar-refractivity contribution in [1.29, 1.82) is 0 Å². The lowest BCUT2D eigenvalue weighted by Crippen LogP contribution is -2.45. The Hall–Kier alpha value is -0.0800. The molecule has 0 aliphatic carbocycles. The second-order valence-electron chi connectivity index (χ2n) is 6.18. The van der Waals surface area contributed by atoms with Crippen LogP contribution in [-0.4, -0.2) is 36.6 Å². The van der Waals surface area contributed by atoms with Crippen LogP contribution in [0.1, 0.15) is 51.4 Å². The molecular weight excluding hydrogens is 196 g/mol. The first kappa shape index (κ1) is 11.0. The van der Waals surface area contributed by atoms with E-state index >= 15 is 0 Å². The van der Waals surface area contributed by atoms with Crippen molar-refractivity contribution >= 4 is 0 Å². The molecule has 3 aliphatic rings. The summed E-state index contributed by atoms with van der Waals surface area (Å²) in [6.45, 7) is 1.26. The average molecular weight is 222 g/mol. The zero-order valence-electron chi connectivity index (χ0n) is 10.6. The second-order valence-corrected chi connectivity index (χ2v) is 6.18. The Bertz CT molecular complexity index is 235. The molecular formula is C14H26N2. The molecule has 2 heteroatoms. The third kappa shape index (κ3) is 2.02. The van der Waals surface area contributed by atoms with Gasteiger partial charge < -0.3 is 10.2 Å². The predicted molar refractivity (Wildman–Crippen MR) is 67.6 cm³/mol. The van der Waals surface area contributed by atoms with Crippen LogP contribution in [0.3, 0.4) is 0 Å². The van der Waals surface area contributed by atoms with E-state index in [4.69, 9.17) is 0 Å². The molecule has 1 N–H and O–H groups in total. The van der Waals surface area contributed by atoms with E-state index in [0.29, 0.717) is 0 Å². The Morgan fingerprint density at radius 3 is 2.75 bits per heavy atom. The number of fused-ring (bicyclic) bond motifs is 2. The highest BCUT2D eigenvalue weighted by molar-refractivity contribution is 4.96. The van der Waals surface area contributed by atoms with E-state index in [2.05, 4.69) is 17.3 Å². The van der Waals surface area contributed by atoms with E-state index in [9.17, 15) is 0 Å². The Morgan fingerprint density at radius 1 is 1.06 bits per heavy atom. The zero-order chi connectivity index (χ0) is 11.0. The molecule has 3 aliphatic heterocycles. The van der Waals surface area contributed by atoms with Gasteiger partial charge in [0.15, 0.2) is 0 Å². The molecule has 92 valence electrons. The van der Waals surface area contributed by atoms with E-state index in [1.807, 2.05) is 0 Å². The van der Waals surface area contributed by atoms with Crippen molar-refractivity contribution in [2.45, 2.75) is 69.5 Å². The Kier molecular flexibility index (Phi) is 3.21. The first-order valence-electron chi connectivity index (χ1n) is 7.30. The Balaban J connectivity index is 1.57. The lowest BCUT2D eigenvalue weighted by atomic mass is 9.83. The van der Waals surface area contributed by atoms with Gasteiger partial charge in [-0.15, -0.1) is 0 Å². The number of nitrogens with one attached hydrogen (secondary N) is 1. The Morgan fingerprint density at radius 2 is 1.94 bits per heavy atom. The number of hydrogen-bond acceptors (Lipinski definition) is 2. The number of piperidine rings is 2. The monoisotopic (exact) mass is 222 g/mol. The SMILES string of the molecule is CN1[C@H]2CC[C@H](C[C@H]3CCCCN3)[C@H]1CC2. The molecule has 0 unspecified atom stereocenters. The normalized spacial score (nSPS) is 44.8. The highest BCUT2D eigenvalue weighted by Crippen LogP contribution is 2.40. The summed E-state index contributed by atoms with van der Waals surface area (Å²) in [5.41, 5.74) is 0. The lowest BCUT2D eigenvalue weighted by molar-refractivity contribution is 0.105. The fourth-order valence-electron chi connectivity index (χ4n) is 4.32. The molecule has 0 saturated carbocycles. The van der Waals surface area contributed by atoms with Gasteiger partial charge >= 0.3 is 0 Å². The lowest BCUT2D eigenvalue weighted by Gasteiger charge is -2.39. The Labute approximate surface area is 99.8 Å². The second kappa shape index (κ2) is 4.66. The molecule has 3 saturated heterocycles. The van der Waals surface area contributed by atoms with Crippen LogP contribution in [0.15, 0.2) is 0 Å². The van der Waals surface area contributed by atoms with Crippen molar-refractivity contribution in [3.05, 3.63) is 0 Å². The minimum atomic E-state index is 0.837. The summed E-state index contributed by atoms with van der Waals surface area (Å²) in [6, 6.07) is 2.69. The van der Waals surface area contributed by atoms with Gasteiger partial charge in [0.05, 0.1) is 0 Å². The number of rotatable bonds is 2. The largest absolute Gasteiger partial charge is 0.314 e. The first-order valence-corrected chi connectivity index (χ1v) is 7.30. The van der Waals surface area contributed by atoms with Crippen LogP contribution in [0.2, 0.25) is 0 Å². The van der Waals surface area contributed by atoms with E-state index in [1.165, 1.54) is 57.9 Å². The number of hydrogen-bond donors (Lipinski definition) is 1. The minimum absolute atomic E-state index is 0.837. The topological polar surface area (TPSA) is 15.3 Å². The summed E-state index contributed by atoms with van der Waals surface area (Å²) in [7, 11) is 2.36. The fraction of sp³-hybridized carbons (Fsp3) is 1.00. The fourth-order valence-corrected chi connectivity index (χ4v) is 4.32. The van der Waals surface area contributed by atoms with Gasteiger partial charge in [-0.3, -0.25) is 0 Å². The summed E-state index contributed by atoms with van der Waals surface area (Å²) in [6.07, 6.45) is 11.6. The molecule has 0 radical (unpaired) electrons. The van der Waals surface area contributed by atoms with Gasteiger partial charge in [0.2, 0.25) is 0 Å². The van der Waals surface area contributed by atoms with Crippen LogP contribution in [-0.2, 0) is 0 Å². The number of nitrogens with zero attached hydrogens (tertiary/aromatic N) is 1. The maximum absolute atomic E-state index is 3.72. The van der Waals surface area contributed by atoms with Gasteiger partial charge in [0, 0.05) is 18.1 Å². The van der Waals surface area contributed by atoms with Gasteiger partial charge in [-0.05, 0) is 64.5 Å². The first-order chi connectivity index (χ1) is 7.84.